The monoisotopic (exact) mass is 254 g/mol. The molecule has 0 unspecified atom stereocenters. The van der Waals surface area contributed by atoms with E-state index in [4.69, 9.17) is 9.72 Å². The molecule has 1 saturated heterocycles. The molecular weight excluding hydrogens is 236 g/mol. The Hall–Kier alpha value is -1.87. The molecule has 0 N–H and O–H groups in total. The Morgan fingerprint density at radius 3 is 2.53 bits per heavy atom. The van der Waals surface area contributed by atoms with Gasteiger partial charge in [-0.3, -0.25) is 0 Å². The van der Waals surface area contributed by atoms with E-state index in [1.54, 1.807) is 0 Å². The van der Waals surface area contributed by atoms with Gasteiger partial charge in [0.1, 0.15) is 5.82 Å². The van der Waals surface area contributed by atoms with Gasteiger partial charge in [0.15, 0.2) is 0 Å². The van der Waals surface area contributed by atoms with Crippen LogP contribution < -0.4 is 4.90 Å². The number of rotatable bonds is 2. The number of ether oxygens (including phenoxy) is 1. The van der Waals surface area contributed by atoms with E-state index in [0.717, 1.165) is 37.8 Å². The normalized spacial score (nSPS) is 15.5. The molecule has 3 nitrogen and oxygen atoms in total. The van der Waals surface area contributed by atoms with E-state index in [0.29, 0.717) is 0 Å². The molecule has 1 aliphatic rings. The van der Waals surface area contributed by atoms with Crippen LogP contribution in [-0.4, -0.2) is 31.3 Å². The fraction of sp³-hybridized carbons (Fsp3) is 0.312. The summed E-state index contributed by atoms with van der Waals surface area (Å²) in [4.78, 5) is 7.09. The minimum absolute atomic E-state index is 0.788. The van der Waals surface area contributed by atoms with Crippen LogP contribution in [-0.2, 0) is 4.74 Å². The molecular formula is C16H18N2O. The molecule has 3 heteroatoms. The zero-order valence-corrected chi connectivity index (χ0v) is 11.2. The van der Waals surface area contributed by atoms with Crippen LogP contribution in [0.15, 0.2) is 42.5 Å². The van der Waals surface area contributed by atoms with Gasteiger partial charge in [-0.1, -0.05) is 30.3 Å². The number of morpholine rings is 1. The molecule has 0 spiro atoms. The maximum Gasteiger partial charge on any atom is 0.129 e. The summed E-state index contributed by atoms with van der Waals surface area (Å²) in [5.41, 5.74) is 3.46. The number of benzene rings is 1. The van der Waals surface area contributed by atoms with E-state index in [1.807, 2.05) is 18.2 Å². The highest BCUT2D eigenvalue weighted by atomic mass is 16.5. The summed E-state index contributed by atoms with van der Waals surface area (Å²) in [7, 11) is 0. The van der Waals surface area contributed by atoms with Gasteiger partial charge in [-0.2, -0.15) is 0 Å². The summed E-state index contributed by atoms with van der Waals surface area (Å²) >= 11 is 0. The van der Waals surface area contributed by atoms with Crippen molar-refractivity contribution in [3.05, 3.63) is 48.0 Å². The molecule has 1 aliphatic heterocycles. The number of aryl methyl sites for hydroxylation is 1. The topological polar surface area (TPSA) is 25.4 Å². The Bertz CT molecular complexity index is 548. The number of hydrogen-bond donors (Lipinski definition) is 0. The predicted octanol–water partition coefficient (Wildman–Crippen LogP) is 2.89. The molecule has 1 aromatic heterocycles. The molecule has 0 aliphatic carbocycles. The number of aromatic nitrogens is 1. The van der Waals surface area contributed by atoms with E-state index < -0.39 is 0 Å². The summed E-state index contributed by atoms with van der Waals surface area (Å²) in [5.74, 6) is 1.06. The van der Waals surface area contributed by atoms with Crippen LogP contribution in [0.5, 0.6) is 0 Å². The predicted molar refractivity (Wildman–Crippen MR) is 77.4 cm³/mol. The second-order valence-corrected chi connectivity index (χ2v) is 4.85. The quantitative estimate of drug-likeness (QED) is 0.824. The first kappa shape index (κ1) is 12.2. The van der Waals surface area contributed by atoms with Crippen molar-refractivity contribution in [1.29, 1.82) is 0 Å². The number of nitrogens with zero attached hydrogens (tertiary/aromatic N) is 2. The van der Waals surface area contributed by atoms with Crippen molar-refractivity contribution >= 4 is 5.82 Å². The number of hydrogen-bond acceptors (Lipinski definition) is 3. The number of pyridine rings is 1. The number of anilines is 1. The smallest absolute Gasteiger partial charge is 0.129 e. The van der Waals surface area contributed by atoms with Crippen LogP contribution in [0, 0.1) is 6.92 Å². The average molecular weight is 254 g/mol. The molecule has 0 bridgehead atoms. The third-order valence-corrected chi connectivity index (χ3v) is 3.36. The Labute approximate surface area is 113 Å². The van der Waals surface area contributed by atoms with Gasteiger partial charge in [0.25, 0.3) is 0 Å². The molecule has 0 radical (unpaired) electrons. The van der Waals surface area contributed by atoms with Gasteiger partial charge in [0, 0.05) is 18.7 Å². The van der Waals surface area contributed by atoms with E-state index >= 15 is 0 Å². The Morgan fingerprint density at radius 1 is 1.05 bits per heavy atom. The summed E-state index contributed by atoms with van der Waals surface area (Å²) in [6.45, 7) is 5.54. The van der Waals surface area contributed by atoms with E-state index in [1.165, 1.54) is 11.1 Å². The van der Waals surface area contributed by atoms with Crippen LogP contribution in [0.2, 0.25) is 0 Å². The van der Waals surface area contributed by atoms with Gasteiger partial charge in [-0.25, -0.2) is 4.98 Å². The van der Waals surface area contributed by atoms with Crippen molar-refractivity contribution in [2.24, 2.45) is 0 Å². The first-order valence-corrected chi connectivity index (χ1v) is 6.70. The van der Waals surface area contributed by atoms with Gasteiger partial charge in [-0.15, -0.1) is 0 Å². The second kappa shape index (κ2) is 5.41. The lowest BCUT2D eigenvalue weighted by Crippen LogP contribution is -2.36. The molecule has 19 heavy (non-hydrogen) atoms. The molecule has 3 rings (SSSR count). The SMILES string of the molecule is Cc1cc(-c2ccccc2)nc(N2CCOCC2)c1. The van der Waals surface area contributed by atoms with Gasteiger partial charge in [0.05, 0.1) is 18.9 Å². The Kier molecular flexibility index (Phi) is 3.47. The van der Waals surface area contributed by atoms with E-state index in [9.17, 15) is 0 Å². The molecule has 2 heterocycles. The van der Waals surface area contributed by atoms with Gasteiger partial charge in [0.2, 0.25) is 0 Å². The highest BCUT2D eigenvalue weighted by molar-refractivity contribution is 5.62. The minimum Gasteiger partial charge on any atom is -0.378 e. The van der Waals surface area contributed by atoms with E-state index in [-0.39, 0.29) is 0 Å². The largest absolute Gasteiger partial charge is 0.378 e. The standard InChI is InChI=1S/C16H18N2O/c1-13-11-15(14-5-3-2-4-6-14)17-16(12-13)18-7-9-19-10-8-18/h2-6,11-12H,7-10H2,1H3. The fourth-order valence-corrected chi connectivity index (χ4v) is 2.36. The lowest BCUT2D eigenvalue weighted by atomic mass is 10.1. The van der Waals surface area contributed by atoms with Crippen molar-refractivity contribution in [2.45, 2.75) is 6.92 Å². The molecule has 2 aromatic rings. The molecule has 1 fully saturated rings. The molecule has 0 amide bonds. The first-order valence-electron chi connectivity index (χ1n) is 6.70. The van der Waals surface area contributed by atoms with Crippen molar-refractivity contribution in [3.8, 4) is 11.3 Å². The van der Waals surface area contributed by atoms with Crippen molar-refractivity contribution in [2.75, 3.05) is 31.2 Å². The highest BCUT2D eigenvalue weighted by Gasteiger charge is 2.13. The third-order valence-electron chi connectivity index (χ3n) is 3.36. The van der Waals surface area contributed by atoms with Crippen molar-refractivity contribution in [1.82, 2.24) is 4.98 Å². The van der Waals surface area contributed by atoms with Gasteiger partial charge in [-0.05, 0) is 24.6 Å². The summed E-state index contributed by atoms with van der Waals surface area (Å²) in [5, 5.41) is 0. The van der Waals surface area contributed by atoms with Crippen molar-refractivity contribution < 1.29 is 4.74 Å². The van der Waals surface area contributed by atoms with E-state index in [2.05, 4.69) is 36.1 Å². The van der Waals surface area contributed by atoms with Gasteiger partial charge < -0.3 is 9.64 Å². The highest BCUT2D eigenvalue weighted by Crippen LogP contribution is 2.23. The molecule has 1 aromatic carbocycles. The van der Waals surface area contributed by atoms with Crippen LogP contribution >= 0.6 is 0 Å². The summed E-state index contributed by atoms with van der Waals surface area (Å²) in [6.07, 6.45) is 0. The Morgan fingerprint density at radius 2 is 1.79 bits per heavy atom. The van der Waals surface area contributed by atoms with Gasteiger partial charge >= 0.3 is 0 Å². The molecule has 0 atom stereocenters. The summed E-state index contributed by atoms with van der Waals surface area (Å²) < 4.78 is 5.40. The van der Waals surface area contributed by atoms with Crippen molar-refractivity contribution in [3.63, 3.8) is 0 Å². The van der Waals surface area contributed by atoms with Crippen LogP contribution in [0.3, 0.4) is 0 Å². The zero-order chi connectivity index (χ0) is 13.1. The first-order chi connectivity index (χ1) is 9.33. The average Bonchev–Trinajstić information content (AvgIpc) is 2.48. The summed E-state index contributed by atoms with van der Waals surface area (Å²) in [6, 6.07) is 14.6. The zero-order valence-electron chi connectivity index (χ0n) is 11.2. The molecule has 0 saturated carbocycles. The fourth-order valence-electron chi connectivity index (χ4n) is 2.36. The van der Waals surface area contributed by atoms with Crippen LogP contribution in [0.1, 0.15) is 5.56 Å². The van der Waals surface area contributed by atoms with Crippen LogP contribution in [0.25, 0.3) is 11.3 Å². The third kappa shape index (κ3) is 2.76. The maximum atomic E-state index is 5.40. The maximum absolute atomic E-state index is 5.40. The molecule has 98 valence electrons. The lowest BCUT2D eigenvalue weighted by Gasteiger charge is -2.28. The second-order valence-electron chi connectivity index (χ2n) is 4.85. The Balaban J connectivity index is 1.96. The van der Waals surface area contributed by atoms with Crippen LogP contribution in [0.4, 0.5) is 5.82 Å². The lowest BCUT2D eigenvalue weighted by molar-refractivity contribution is 0.122. The minimum atomic E-state index is 0.788.